The summed E-state index contributed by atoms with van der Waals surface area (Å²) in [4.78, 5) is 25.0. The largest absolute Gasteiger partial charge is 0.756 e. The standard InChI is InChI=1S/C45H86NO7P/c1-6-8-10-12-14-16-18-20-22-23-24-25-26-28-30-32-34-36-38-45(47)53-44(43-52-54(48,49)51-41-39-46(3,4)5)42-50-40-37-35-33-31-29-27-21-19-17-15-13-11-9-7-2/h9,11,15,17,21,27,44H,6-8,10,12-14,16,18-20,22-26,28-43H2,1-5H3/b11-9-,17-15-,27-21-. The van der Waals surface area contributed by atoms with Crippen molar-refractivity contribution in [3.05, 3.63) is 36.5 Å². The fourth-order valence-corrected chi connectivity index (χ4v) is 6.76. The molecule has 9 heteroatoms. The first-order valence-electron chi connectivity index (χ1n) is 22.2. The summed E-state index contributed by atoms with van der Waals surface area (Å²) in [5.41, 5.74) is 0. The van der Waals surface area contributed by atoms with Crippen molar-refractivity contribution in [3.63, 3.8) is 0 Å². The number of ether oxygens (including phenoxy) is 2. The number of carbonyl (C=O) groups excluding carboxylic acids is 1. The predicted molar refractivity (Wildman–Crippen MR) is 227 cm³/mol. The number of phosphoric acid groups is 1. The Morgan fingerprint density at radius 3 is 1.61 bits per heavy atom. The number of phosphoric ester groups is 1. The Bertz CT molecular complexity index is 962. The molecule has 8 nitrogen and oxygen atoms in total. The Labute approximate surface area is 334 Å². The highest BCUT2D eigenvalue weighted by molar-refractivity contribution is 7.45. The maximum atomic E-state index is 12.7. The maximum Gasteiger partial charge on any atom is 0.306 e. The zero-order valence-electron chi connectivity index (χ0n) is 35.9. The lowest BCUT2D eigenvalue weighted by Crippen LogP contribution is -2.37. The third kappa shape index (κ3) is 41.9. The van der Waals surface area contributed by atoms with Gasteiger partial charge in [0, 0.05) is 13.0 Å². The van der Waals surface area contributed by atoms with Crippen molar-refractivity contribution < 1.29 is 37.3 Å². The molecule has 0 aromatic carbocycles. The Kier molecular flexibility index (Phi) is 37.7. The van der Waals surface area contributed by atoms with Gasteiger partial charge >= 0.3 is 5.97 Å². The summed E-state index contributed by atoms with van der Waals surface area (Å²) in [6.07, 6.45) is 44.4. The zero-order valence-corrected chi connectivity index (χ0v) is 36.8. The molecule has 0 aromatic heterocycles. The second kappa shape index (κ2) is 38.6. The van der Waals surface area contributed by atoms with Crippen LogP contribution in [0.4, 0.5) is 0 Å². The highest BCUT2D eigenvalue weighted by Crippen LogP contribution is 2.38. The molecule has 0 rings (SSSR count). The van der Waals surface area contributed by atoms with Crippen LogP contribution in [0.15, 0.2) is 36.5 Å². The monoisotopic (exact) mass is 784 g/mol. The Morgan fingerprint density at radius 1 is 0.593 bits per heavy atom. The minimum absolute atomic E-state index is 0.0222. The number of likely N-dealkylation sites (N-methyl/N-ethyl adjacent to an activating group) is 1. The third-order valence-corrected chi connectivity index (χ3v) is 10.4. The van der Waals surface area contributed by atoms with Crippen molar-refractivity contribution in [3.8, 4) is 0 Å². The molecular weight excluding hydrogens is 697 g/mol. The van der Waals surface area contributed by atoms with Gasteiger partial charge in [-0.05, 0) is 44.9 Å². The van der Waals surface area contributed by atoms with E-state index in [-0.39, 0.29) is 25.8 Å². The molecule has 0 radical (unpaired) electrons. The predicted octanol–water partition coefficient (Wildman–Crippen LogP) is 12.4. The first-order valence-corrected chi connectivity index (χ1v) is 23.7. The van der Waals surface area contributed by atoms with Crippen molar-refractivity contribution in [2.45, 2.75) is 193 Å². The zero-order chi connectivity index (χ0) is 39.9. The molecular formula is C45H86NO7P. The van der Waals surface area contributed by atoms with E-state index in [4.69, 9.17) is 18.5 Å². The van der Waals surface area contributed by atoms with Gasteiger partial charge in [0.05, 0.1) is 34.4 Å². The van der Waals surface area contributed by atoms with Gasteiger partial charge in [-0.25, -0.2) is 0 Å². The number of esters is 1. The Morgan fingerprint density at radius 2 is 1.07 bits per heavy atom. The fourth-order valence-electron chi connectivity index (χ4n) is 6.03. The summed E-state index contributed by atoms with van der Waals surface area (Å²) < 4.78 is 34.6. The average molecular weight is 784 g/mol. The van der Waals surface area contributed by atoms with Crippen LogP contribution in [0.2, 0.25) is 0 Å². The van der Waals surface area contributed by atoms with Crippen molar-refractivity contribution in [2.24, 2.45) is 0 Å². The lowest BCUT2D eigenvalue weighted by molar-refractivity contribution is -0.870. The molecule has 0 aliphatic carbocycles. The van der Waals surface area contributed by atoms with Crippen LogP contribution >= 0.6 is 7.82 Å². The van der Waals surface area contributed by atoms with Crippen molar-refractivity contribution >= 4 is 13.8 Å². The second-order valence-corrected chi connectivity index (χ2v) is 17.4. The van der Waals surface area contributed by atoms with Gasteiger partial charge in [-0.15, -0.1) is 0 Å². The summed E-state index contributed by atoms with van der Waals surface area (Å²) in [6.45, 7) is 5.26. The number of quaternary nitrogens is 1. The van der Waals surface area contributed by atoms with E-state index in [0.29, 0.717) is 24.1 Å². The van der Waals surface area contributed by atoms with Crippen molar-refractivity contribution in [1.82, 2.24) is 0 Å². The minimum Gasteiger partial charge on any atom is -0.756 e. The van der Waals surface area contributed by atoms with Crippen molar-refractivity contribution in [2.75, 3.05) is 54.1 Å². The van der Waals surface area contributed by atoms with Crippen LogP contribution in [0.3, 0.4) is 0 Å². The van der Waals surface area contributed by atoms with Gasteiger partial charge in [0.2, 0.25) is 0 Å². The number of allylic oxidation sites excluding steroid dienone is 6. The van der Waals surface area contributed by atoms with Crippen LogP contribution in [0.25, 0.3) is 0 Å². The highest BCUT2D eigenvalue weighted by Gasteiger charge is 2.20. The number of rotatable bonds is 41. The molecule has 0 amide bonds. The van der Waals surface area contributed by atoms with E-state index < -0.39 is 13.9 Å². The first-order chi connectivity index (χ1) is 26.1. The molecule has 0 bridgehead atoms. The quantitative estimate of drug-likeness (QED) is 0.0200. The molecule has 0 aliphatic rings. The number of hydrogen-bond acceptors (Lipinski definition) is 7. The van der Waals surface area contributed by atoms with Gasteiger partial charge in [-0.2, -0.15) is 0 Å². The summed E-state index contributed by atoms with van der Waals surface area (Å²) in [6, 6.07) is 0. The van der Waals surface area contributed by atoms with Crippen LogP contribution < -0.4 is 4.89 Å². The van der Waals surface area contributed by atoms with Gasteiger partial charge in [-0.3, -0.25) is 9.36 Å². The fraction of sp³-hybridized carbons (Fsp3) is 0.844. The van der Waals surface area contributed by atoms with E-state index >= 15 is 0 Å². The van der Waals surface area contributed by atoms with Gasteiger partial charge in [0.15, 0.2) is 0 Å². The number of hydrogen-bond donors (Lipinski definition) is 0. The molecule has 0 saturated heterocycles. The third-order valence-electron chi connectivity index (χ3n) is 9.46. The summed E-state index contributed by atoms with van der Waals surface area (Å²) in [5, 5.41) is 0. The van der Waals surface area contributed by atoms with E-state index in [1.807, 2.05) is 21.1 Å². The lowest BCUT2D eigenvalue weighted by atomic mass is 10.0. The van der Waals surface area contributed by atoms with Crippen LogP contribution in [0, 0.1) is 0 Å². The van der Waals surface area contributed by atoms with E-state index in [1.54, 1.807) is 0 Å². The molecule has 0 fully saturated rings. The molecule has 2 unspecified atom stereocenters. The smallest absolute Gasteiger partial charge is 0.306 e. The van der Waals surface area contributed by atoms with E-state index in [9.17, 15) is 14.3 Å². The number of unbranched alkanes of at least 4 members (excludes halogenated alkanes) is 21. The minimum atomic E-state index is -4.53. The molecule has 0 heterocycles. The van der Waals surface area contributed by atoms with Gasteiger partial charge in [0.25, 0.3) is 7.82 Å². The Balaban J connectivity index is 4.22. The van der Waals surface area contributed by atoms with E-state index in [2.05, 4.69) is 50.3 Å². The Hall–Kier alpha value is -1.28. The molecule has 318 valence electrons. The van der Waals surface area contributed by atoms with Crippen LogP contribution in [0.1, 0.15) is 187 Å². The van der Waals surface area contributed by atoms with Gasteiger partial charge in [0.1, 0.15) is 19.3 Å². The van der Waals surface area contributed by atoms with Crippen LogP contribution in [0.5, 0.6) is 0 Å². The molecule has 0 N–H and O–H groups in total. The second-order valence-electron chi connectivity index (χ2n) is 16.0. The van der Waals surface area contributed by atoms with Gasteiger partial charge in [-0.1, -0.05) is 172 Å². The van der Waals surface area contributed by atoms with Gasteiger partial charge < -0.3 is 27.9 Å². The molecule has 2 atom stereocenters. The van der Waals surface area contributed by atoms with E-state index in [1.165, 1.54) is 96.3 Å². The summed E-state index contributed by atoms with van der Waals surface area (Å²) >= 11 is 0. The molecule has 0 aromatic rings. The van der Waals surface area contributed by atoms with Crippen molar-refractivity contribution in [1.29, 1.82) is 0 Å². The summed E-state index contributed by atoms with van der Waals surface area (Å²) in [7, 11) is 1.34. The maximum absolute atomic E-state index is 12.7. The number of nitrogens with zero attached hydrogens (tertiary/aromatic N) is 1. The molecule has 0 aliphatic heterocycles. The lowest BCUT2D eigenvalue weighted by Gasteiger charge is -2.28. The van der Waals surface area contributed by atoms with E-state index in [0.717, 1.165) is 70.6 Å². The average Bonchev–Trinajstić information content (AvgIpc) is 3.12. The molecule has 0 spiro atoms. The van der Waals surface area contributed by atoms with Crippen LogP contribution in [-0.2, 0) is 27.9 Å². The number of carbonyl (C=O) groups is 1. The first kappa shape index (κ1) is 52.7. The summed E-state index contributed by atoms with van der Waals surface area (Å²) in [5.74, 6) is -0.341. The topological polar surface area (TPSA) is 94.1 Å². The normalized spacial score (nSPS) is 14.1. The van der Waals surface area contributed by atoms with Crippen LogP contribution in [-0.4, -0.2) is 70.7 Å². The molecule has 54 heavy (non-hydrogen) atoms. The molecule has 0 saturated carbocycles. The SMILES string of the molecule is CC/C=C\C/C=C\C/C=C\CCCCCCOCC(COP(=O)([O-])OCC[N+](C)(C)C)OC(=O)CCCCCCCCCCCCCCCCCCCC. The highest BCUT2D eigenvalue weighted by atomic mass is 31.2.